The van der Waals surface area contributed by atoms with Crippen LogP contribution in [0, 0.1) is 0 Å². The third-order valence-corrected chi connectivity index (χ3v) is 3.63. The number of pyridine rings is 1. The molecule has 1 amide bonds. The smallest absolute Gasteiger partial charge is 0.258 e. The summed E-state index contributed by atoms with van der Waals surface area (Å²) in [6.45, 7) is 1.64. The van der Waals surface area contributed by atoms with E-state index < -0.39 is 12.0 Å². The van der Waals surface area contributed by atoms with E-state index in [1.165, 1.54) is 0 Å². The molecule has 2 N–H and O–H groups in total. The molecular weight excluding hydrogens is 278 g/mol. The molecule has 0 fully saturated rings. The number of hydrogen-bond acceptors (Lipinski definition) is 3. The molecular formula is C17H17N3O2. The van der Waals surface area contributed by atoms with Gasteiger partial charge < -0.3 is 15.0 Å². The molecule has 0 saturated carbocycles. The molecule has 5 heteroatoms. The van der Waals surface area contributed by atoms with Crippen LogP contribution in [-0.2, 0) is 11.8 Å². The number of rotatable bonds is 4. The Hall–Kier alpha value is -2.82. The standard InChI is InChI=1S/C17H17N3O2/c1-11(16(18)21)22-13-5-3-4-12(10-13)14-6-8-19-17-15(14)7-9-20(17)2/h3-11H,1-2H3,(H2,18,21)/t11-/m0/s1. The Labute approximate surface area is 128 Å². The minimum Gasteiger partial charge on any atom is -0.481 e. The third kappa shape index (κ3) is 2.53. The molecule has 1 aromatic carbocycles. The van der Waals surface area contributed by atoms with Gasteiger partial charge in [0.1, 0.15) is 11.4 Å². The van der Waals surface area contributed by atoms with Crippen molar-refractivity contribution in [2.75, 3.05) is 0 Å². The molecule has 0 radical (unpaired) electrons. The van der Waals surface area contributed by atoms with Crippen LogP contribution >= 0.6 is 0 Å². The number of hydrogen-bond donors (Lipinski definition) is 1. The second-order valence-corrected chi connectivity index (χ2v) is 5.21. The summed E-state index contributed by atoms with van der Waals surface area (Å²) in [6.07, 6.45) is 3.11. The van der Waals surface area contributed by atoms with Crippen molar-refractivity contribution in [1.29, 1.82) is 0 Å². The average Bonchev–Trinajstić information content (AvgIpc) is 2.89. The van der Waals surface area contributed by atoms with Crippen molar-refractivity contribution in [3.8, 4) is 16.9 Å². The average molecular weight is 295 g/mol. The number of amides is 1. The second kappa shape index (κ2) is 5.52. The highest BCUT2D eigenvalue weighted by Gasteiger charge is 2.12. The van der Waals surface area contributed by atoms with Gasteiger partial charge in [-0.25, -0.2) is 4.98 Å². The van der Waals surface area contributed by atoms with Crippen molar-refractivity contribution < 1.29 is 9.53 Å². The van der Waals surface area contributed by atoms with Crippen LogP contribution in [-0.4, -0.2) is 21.6 Å². The highest BCUT2D eigenvalue weighted by Crippen LogP contribution is 2.30. The lowest BCUT2D eigenvalue weighted by Gasteiger charge is -2.12. The Bertz CT molecular complexity index is 839. The summed E-state index contributed by atoms with van der Waals surface area (Å²) in [4.78, 5) is 15.5. The zero-order valence-electron chi connectivity index (χ0n) is 12.5. The summed E-state index contributed by atoms with van der Waals surface area (Å²) in [5, 5.41) is 1.07. The summed E-state index contributed by atoms with van der Waals surface area (Å²) >= 11 is 0. The first kappa shape index (κ1) is 14.1. The Morgan fingerprint density at radius 3 is 2.91 bits per heavy atom. The monoisotopic (exact) mass is 295 g/mol. The van der Waals surface area contributed by atoms with Crippen molar-refractivity contribution in [2.24, 2.45) is 12.8 Å². The summed E-state index contributed by atoms with van der Waals surface area (Å²) in [5.74, 6) is 0.129. The lowest BCUT2D eigenvalue weighted by Crippen LogP contribution is -2.30. The molecule has 0 aliphatic carbocycles. The summed E-state index contributed by atoms with van der Waals surface area (Å²) in [5.41, 5.74) is 8.24. The number of carbonyl (C=O) groups excluding carboxylic acids is 1. The van der Waals surface area contributed by atoms with Gasteiger partial charge in [0.25, 0.3) is 5.91 Å². The summed E-state index contributed by atoms with van der Waals surface area (Å²) in [7, 11) is 1.97. The fraction of sp³-hybridized carbons (Fsp3) is 0.176. The number of nitrogens with zero attached hydrogens (tertiary/aromatic N) is 2. The van der Waals surface area contributed by atoms with Gasteiger partial charge in [-0.05, 0) is 42.3 Å². The van der Waals surface area contributed by atoms with Gasteiger partial charge in [0.2, 0.25) is 0 Å². The molecule has 5 nitrogen and oxygen atoms in total. The minimum absolute atomic E-state index is 0.486. The predicted octanol–water partition coefficient (Wildman–Crippen LogP) is 2.49. The molecule has 2 aromatic heterocycles. The number of aryl methyl sites for hydroxylation is 1. The van der Waals surface area contributed by atoms with Crippen molar-refractivity contribution in [1.82, 2.24) is 9.55 Å². The van der Waals surface area contributed by atoms with Gasteiger partial charge in [-0.2, -0.15) is 0 Å². The van der Waals surface area contributed by atoms with E-state index in [4.69, 9.17) is 10.5 Å². The van der Waals surface area contributed by atoms with Gasteiger partial charge in [-0.3, -0.25) is 4.79 Å². The summed E-state index contributed by atoms with van der Waals surface area (Å²) in [6, 6.07) is 11.6. The molecule has 0 bridgehead atoms. The fourth-order valence-electron chi connectivity index (χ4n) is 2.42. The zero-order chi connectivity index (χ0) is 15.7. The van der Waals surface area contributed by atoms with E-state index in [0.29, 0.717) is 5.75 Å². The Morgan fingerprint density at radius 1 is 1.32 bits per heavy atom. The number of ether oxygens (including phenoxy) is 1. The number of fused-ring (bicyclic) bond motifs is 1. The first-order chi connectivity index (χ1) is 10.6. The highest BCUT2D eigenvalue weighted by atomic mass is 16.5. The normalized spacial score (nSPS) is 12.3. The van der Waals surface area contributed by atoms with Gasteiger partial charge in [-0.1, -0.05) is 12.1 Å². The number of carbonyl (C=O) groups is 1. The highest BCUT2D eigenvalue weighted by molar-refractivity contribution is 5.93. The van der Waals surface area contributed by atoms with Crippen LogP contribution in [0.15, 0.2) is 48.8 Å². The van der Waals surface area contributed by atoms with Gasteiger partial charge in [0.05, 0.1) is 0 Å². The largest absolute Gasteiger partial charge is 0.481 e. The minimum atomic E-state index is -0.663. The van der Waals surface area contributed by atoms with E-state index in [0.717, 1.165) is 22.2 Å². The van der Waals surface area contributed by atoms with Crippen LogP contribution in [0.5, 0.6) is 5.75 Å². The van der Waals surface area contributed by atoms with E-state index in [2.05, 4.69) is 4.98 Å². The Kier molecular flexibility index (Phi) is 3.55. The van der Waals surface area contributed by atoms with Crippen LogP contribution in [0.3, 0.4) is 0 Å². The molecule has 3 rings (SSSR count). The predicted molar refractivity (Wildman–Crippen MR) is 85.4 cm³/mol. The van der Waals surface area contributed by atoms with Gasteiger partial charge in [0, 0.05) is 24.8 Å². The Balaban J connectivity index is 2.02. The van der Waals surface area contributed by atoms with Gasteiger partial charge in [-0.15, -0.1) is 0 Å². The van der Waals surface area contributed by atoms with Crippen molar-refractivity contribution in [3.05, 3.63) is 48.8 Å². The molecule has 0 saturated heterocycles. The van der Waals surface area contributed by atoms with E-state index >= 15 is 0 Å². The van der Waals surface area contributed by atoms with Crippen LogP contribution in [0.1, 0.15) is 6.92 Å². The van der Waals surface area contributed by atoms with Crippen molar-refractivity contribution in [3.63, 3.8) is 0 Å². The maximum Gasteiger partial charge on any atom is 0.258 e. The van der Waals surface area contributed by atoms with Crippen LogP contribution in [0.2, 0.25) is 0 Å². The maximum atomic E-state index is 11.1. The Morgan fingerprint density at radius 2 is 2.14 bits per heavy atom. The zero-order valence-corrected chi connectivity index (χ0v) is 12.5. The molecule has 0 aliphatic rings. The van der Waals surface area contributed by atoms with E-state index in [-0.39, 0.29) is 0 Å². The van der Waals surface area contributed by atoms with E-state index in [9.17, 15) is 4.79 Å². The van der Waals surface area contributed by atoms with Crippen molar-refractivity contribution >= 4 is 16.9 Å². The quantitative estimate of drug-likeness (QED) is 0.804. The molecule has 0 unspecified atom stereocenters. The molecule has 22 heavy (non-hydrogen) atoms. The molecule has 0 aliphatic heterocycles. The summed E-state index contributed by atoms with van der Waals surface area (Å²) < 4.78 is 7.54. The second-order valence-electron chi connectivity index (χ2n) is 5.21. The SMILES string of the molecule is C[C@H](Oc1cccc(-c2ccnc3c2ccn3C)c1)C(N)=O. The first-order valence-corrected chi connectivity index (χ1v) is 7.02. The number of nitrogens with two attached hydrogens (primary N) is 1. The topological polar surface area (TPSA) is 70.1 Å². The van der Waals surface area contributed by atoms with Crippen molar-refractivity contribution in [2.45, 2.75) is 13.0 Å². The van der Waals surface area contributed by atoms with E-state index in [1.807, 2.05) is 54.2 Å². The maximum absolute atomic E-state index is 11.1. The molecule has 112 valence electrons. The third-order valence-electron chi connectivity index (χ3n) is 3.63. The lowest BCUT2D eigenvalue weighted by molar-refractivity contribution is -0.123. The molecule has 1 atom stereocenters. The van der Waals surface area contributed by atoms with Crippen LogP contribution in [0.25, 0.3) is 22.2 Å². The first-order valence-electron chi connectivity index (χ1n) is 7.02. The molecule has 2 heterocycles. The fourth-order valence-corrected chi connectivity index (χ4v) is 2.42. The number of benzene rings is 1. The lowest BCUT2D eigenvalue weighted by atomic mass is 10.0. The molecule has 0 spiro atoms. The van der Waals surface area contributed by atoms with Gasteiger partial charge in [0.15, 0.2) is 6.10 Å². The van der Waals surface area contributed by atoms with Gasteiger partial charge >= 0.3 is 0 Å². The van der Waals surface area contributed by atoms with E-state index in [1.54, 1.807) is 13.1 Å². The van der Waals surface area contributed by atoms with Crippen LogP contribution in [0.4, 0.5) is 0 Å². The number of primary amides is 1. The number of aromatic nitrogens is 2. The molecule has 3 aromatic rings. The van der Waals surface area contributed by atoms with Crippen LogP contribution < -0.4 is 10.5 Å².